The smallest absolute Gasteiger partial charge is 0.303 e. The number of benzene rings is 1. The van der Waals surface area contributed by atoms with E-state index in [-0.39, 0.29) is 0 Å². The summed E-state index contributed by atoms with van der Waals surface area (Å²) < 4.78 is 0. The number of thioether (sulfide) groups is 1. The highest BCUT2D eigenvalue weighted by Gasteiger charge is 2.00. The van der Waals surface area contributed by atoms with E-state index in [1.165, 1.54) is 19.3 Å². The Hall–Kier alpha value is -1.16. The molecule has 0 bridgehead atoms. The molecule has 3 nitrogen and oxygen atoms in total. The first-order chi connectivity index (χ1) is 9.70. The normalized spacial score (nSPS) is 10.6. The Morgan fingerprint density at radius 2 is 1.55 bits per heavy atom. The fourth-order valence-electron chi connectivity index (χ4n) is 2.02. The summed E-state index contributed by atoms with van der Waals surface area (Å²) in [6.07, 6.45) is 8.05. The number of aliphatic carboxylic acids is 1. The van der Waals surface area contributed by atoms with Crippen LogP contribution in [-0.4, -0.2) is 21.9 Å². The molecule has 0 aromatic heterocycles. The van der Waals surface area contributed by atoms with Gasteiger partial charge in [0.15, 0.2) is 0 Å². The van der Waals surface area contributed by atoms with Crippen LogP contribution in [0.15, 0.2) is 29.2 Å². The third kappa shape index (κ3) is 8.10. The fourth-order valence-corrected chi connectivity index (χ4v) is 2.98. The van der Waals surface area contributed by atoms with Crippen LogP contribution in [0, 0.1) is 0 Å². The maximum atomic E-state index is 10.3. The molecule has 1 aromatic rings. The maximum absolute atomic E-state index is 10.3. The fraction of sp³-hybridized carbons (Fsp3) is 0.562. The zero-order valence-corrected chi connectivity index (χ0v) is 12.7. The molecule has 0 unspecified atom stereocenters. The van der Waals surface area contributed by atoms with Gasteiger partial charge < -0.3 is 10.2 Å². The van der Waals surface area contributed by atoms with Gasteiger partial charge in [0.25, 0.3) is 0 Å². The SMILES string of the molecule is O=C(O)CCCCCCCCCSc1ccccc1O. The number of hydrogen-bond acceptors (Lipinski definition) is 3. The number of phenolic OH excluding ortho intramolecular Hbond substituents is 1. The van der Waals surface area contributed by atoms with Gasteiger partial charge in [-0.05, 0) is 30.7 Å². The van der Waals surface area contributed by atoms with Crippen molar-refractivity contribution < 1.29 is 15.0 Å². The molecule has 0 aliphatic rings. The van der Waals surface area contributed by atoms with Gasteiger partial charge in [-0.1, -0.05) is 44.2 Å². The van der Waals surface area contributed by atoms with Gasteiger partial charge in [-0.25, -0.2) is 0 Å². The Morgan fingerprint density at radius 1 is 0.950 bits per heavy atom. The van der Waals surface area contributed by atoms with Gasteiger partial charge in [0, 0.05) is 11.3 Å². The molecule has 0 saturated carbocycles. The van der Waals surface area contributed by atoms with E-state index in [0.717, 1.165) is 36.3 Å². The summed E-state index contributed by atoms with van der Waals surface area (Å²) in [6, 6.07) is 7.45. The average Bonchev–Trinajstić information content (AvgIpc) is 2.42. The highest BCUT2D eigenvalue weighted by atomic mass is 32.2. The third-order valence-electron chi connectivity index (χ3n) is 3.16. The van der Waals surface area contributed by atoms with Crippen molar-refractivity contribution in [2.45, 2.75) is 56.3 Å². The molecule has 0 radical (unpaired) electrons. The Kier molecular flexibility index (Phi) is 8.96. The Labute approximate surface area is 125 Å². The van der Waals surface area contributed by atoms with E-state index >= 15 is 0 Å². The Bertz CT molecular complexity index is 393. The quantitative estimate of drug-likeness (QED) is 0.459. The van der Waals surface area contributed by atoms with Gasteiger partial charge in [0.1, 0.15) is 5.75 Å². The lowest BCUT2D eigenvalue weighted by Crippen LogP contribution is -1.93. The average molecular weight is 296 g/mol. The van der Waals surface area contributed by atoms with Crippen LogP contribution in [0.5, 0.6) is 5.75 Å². The van der Waals surface area contributed by atoms with E-state index in [1.807, 2.05) is 18.2 Å². The number of rotatable bonds is 11. The van der Waals surface area contributed by atoms with Gasteiger partial charge in [0.05, 0.1) is 0 Å². The predicted octanol–water partition coefficient (Wildman–Crippen LogP) is 4.69. The topological polar surface area (TPSA) is 57.5 Å². The van der Waals surface area contributed by atoms with E-state index < -0.39 is 5.97 Å². The van der Waals surface area contributed by atoms with Crippen LogP contribution < -0.4 is 0 Å². The molecule has 0 saturated heterocycles. The molecule has 0 aliphatic heterocycles. The van der Waals surface area contributed by atoms with Crippen LogP contribution in [-0.2, 0) is 4.79 Å². The molecule has 0 fully saturated rings. The zero-order chi connectivity index (χ0) is 14.6. The molecule has 0 heterocycles. The molecule has 0 spiro atoms. The second-order valence-corrected chi connectivity index (χ2v) is 6.07. The van der Waals surface area contributed by atoms with Crippen molar-refractivity contribution in [2.24, 2.45) is 0 Å². The second kappa shape index (κ2) is 10.6. The molecule has 20 heavy (non-hydrogen) atoms. The largest absolute Gasteiger partial charge is 0.507 e. The molecule has 1 aromatic carbocycles. The van der Waals surface area contributed by atoms with Gasteiger partial charge in [-0.15, -0.1) is 11.8 Å². The molecule has 0 aliphatic carbocycles. The molecular weight excluding hydrogens is 272 g/mol. The summed E-state index contributed by atoms with van der Waals surface area (Å²) in [5.74, 6) is 0.721. The number of hydrogen-bond donors (Lipinski definition) is 2. The second-order valence-electron chi connectivity index (χ2n) is 4.93. The molecule has 2 N–H and O–H groups in total. The summed E-state index contributed by atoms with van der Waals surface area (Å²) >= 11 is 1.71. The minimum Gasteiger partial charge on any atom is -0.507 e. The lowest BCUT2D eigenvalue weighted by atomic mass is 10.1. The van der Waals surface area contributed by atoms with Crippen molar-refractivity contribution in [3.8, 4) is 5.75 Å². The van der Waals surface area contributed by atoms with Crippen LogP contribution in [0.3, 0.4) is 0 Å². The standard InChI is InChI=1S/C16H24O3S/c17-14-10-7-8-11-15(14)20-13-9-5-3-1-2-4-6-12-16(18)19/h7-8,10-11,17H,1-6,9,12-13H2,(H,18,19). The molecule has 0 atom stereocenters. The van der Waals surface area contributed by atoms with Gasteiger partial charge in [-0.2, -0.15) is 0 Å². The number of carboxylic acid groups (broad SMARTS) is 1. The number of unbranched alkanes of at least 4 members (excludes halogenated alkanes) is 6. The van der Waals surface area contributed by atoms with Crippen LogP contribution in [0.2, 0.25) is 0 Å². The Balaban J connectivity index is 1.90. The third-order valence-corrected chi connectivity index (χ3v) is 4.31. The van der Waals surface area contributed by atoms with Gasteiger partial charge in [0.2, 0.25) is 0 Å². The molecule has 0 amide bonds. The number of aromatic hydroxyl groups is 1. The van der Waals surface area contributed by atoms with Crippen molar-refractivity contribution in [2.75, 3.05) is 5.75 Å². The van der Waals surface area contributed by atoms with Crippen molar-refractivity contribution in [1.82, 2.24) is 0 Å². The highest BCUT2D eigenvalue weighted by molar-refractivity contribution is 7.99. The number of para-hydroxylation sites is 1. The van der Waals surface area contributed by atoms with Crippen LogP contribution in [0.4, 0.5) is 0 Å². The number of carboxylic acids is 1. The summed E-state index contributed by atoms with van der Waals surface area (Å²) in [5, 5.41) is 18.1. The minimum absolute atomic E-state index is 0.303. The molecule has 112 valence electrons. The number of carbonyl (C=O) groups is 1. The first-order valence-electron chi connectivity index (χ1n) is 7.33. The lowest BCUT2D eigenvalue weighted by Gasteiger charge is -2.04. The van der Waals surface area contributed by atoms with E-state index in [1.54, 1.807) is 17.8 Å². The predicted molar refractivity (Wildman–Crippen MR) is 83.4 cm³/mol. The van der Waals surface area contributed by atoms with Crippen molar-refractivity contribution in [3.05, 3.63) is 24.3 Å². The van der Waals surface area contributed by atoms with Crippen LogP contribution in [0.25, 0.3) is 0 Å². The first kappa shape index (κ1) is 16.9. The highest BCUT2D eigenvalue weighted by Crippen LogP contribution is 2.28. The molecular formula is C16H24O3S. The molecule has 1 rings (SSSR count). The maximum Gasteiger partial charge on any atom is 0.303 e. The van der Waals surface area contributed by atoms with Gasteiger partial charge in [-0.3, -0.25) is 4.79 Å². The van der Waals surface area contributed by atoms with E-state index in [9.17, 15) is 9.90 Å². The van der Waals surface area contributed by atoms with Crippen LogP contribution >= 0.6 is 11.8 Å². The number of phenols is 1. The summed E-state index contributed by atoms with van der Waals surface area (Å²) in [4.78, 5) is 11.3. The molecule has 4 heteroatoms. The van der Waals surface area contributed by atoms with Crippen molar-refractivity contribution >= 4 is 17.7 Å². The summed E-state index contributed by atoms with van der Waals surface area (Å²) in [5.41, 5.74) is 0. The van der Waals surface area contributed by atoms with E-state index in [4.69, 9.17) is 5.11 Å². The van der Waals surface area contributed by atoms with Crippen molar-refractivity contribution in [3.63, 3.8) is 0 Å². The summed E-state index contributed by atoms with van der Waals surface area (Å²) in [7, 11) is 0. The Morgan fingerprint density at radius 3 is 2.20 bits per heavy atom. The first-order valence-corrected chi connectivity index (χ1v) is 8.31. The lowest BCUT2D eigenvalue weighted by molar-refractivity contribution is -0.137. The zero-order valence-electron chi connectivity index (χ0n) is 11.9. The minimum atomic E-state index is -0.689. The van der Waals surface area contributed by atoms with E-state index in [2.05, 4.69) is 0 Å². The van der Waals surface area contributed by atoms with Crippen LogP contribution in [0.1, 0.15) is 51.4 Å². The van der Waals surface area contributed by atoms with Crippen molar-refractivity contribution in [1.29, 1.82) is 0 Å². The van der Waals surface area contributed by atoms with E-state index in [0.29, 0.717) is 12.2 Å². The monoisotopic (exact) mass is 296 g/mol. The van der Waals surface area contributed by atoms with Gasteiger partial charge >= 0.3 is 5.97 Å². The summed E-state index contributed by atoms with van der Waals surface area (Å²) in [6.45, 7) is 0.